The number of imidazole rings is 1. The van der Waals surface area contributed by atoms with Gasteiger partial charge in [0.05, 0.1) is 11.9 Å². The molecule has 9 heteroatoms. The zero-order chi connectivity index (χ0) is 15.0. The van der Waals surface area contributed by atoms with Gasteiger partial charge in [0.25, 0.3) is 10.0 Å². The predicted octanol–water partition coefficient (Wildman–Crippen LogP) is 0.236. The summed E-state index contributed by atoms with van der Waals surface area (Å²) in [4.78, 5) is 3.82. The highest BCUT2D eigenvalue weighted by atomic mass is 35.5. The Balaban J connectivity index is 2.19. The van der Waals surface area contributed by atoms with Gasteiger partial charge in [-0.2, -0.15) is 4.31 Å². The summed E-state index contributed by atoms with van der Waals surface area (Å²) in [6.45, 7) is 0.842. The maximum absolute atomic E-state index is 12.4. The number of hydrogen-bond acceptors (Lipinski definition) is 5. The fourth-order valence-electron chi connectivity index (χ4n) is 2.12. The smallest absolute Gasteiger partial charge is 0.263 e. The van der Waals surface area contributed by atoms with Crippen molar-refractivity contribution in [3.05, 3.63) is 11.5 Å². The summed E-state index contributed by atoms with van der Waals surface area (Å²) in [6.07, 6.45) is 2.15. The third kappa shape index (κ3) is 2.99. The van der Waals surface area contributed by atoms with Crippen LogP contribution in [0.15, 0.2) is 11.4 Å². The summed E-state index contributed by atoms with van der Waals surface area (Å²) in [6, 6.07) is 0. The van der Waals surface area contributed by atoms with Gasteiger partial charge in [-0.05, 0) is 0 Å². The van der Waals surface area contributed by atoms with Gasteiger partial charge >= 0.3 is 0 Å². The lowest BCUT2D eigenvalue weighted by Gasteiger charge is -2.34. The third-order valence-corrected chi connectivity index (χ3v) is 5.72. The highest BCUT2D eigenvalue weighted by molar-refractivity contribution is 7.89. The molecule has 0 radical (unpaired) electrons. The number of rotatable bonds is 4. The molecule has 1 aliphatic heterocycles. The second-order valence-electron chi connectivity index (χ2n) is 5.05. The monoisotopic (exact) mass is 323 g/mol. The van der Waals surface area contributed by atoms with E-state index < -0.39 is 15.6 Å². The lowest BCUT2D eigenvalue weighted by Crippen LogP contribution is -2.47. The van der Waals surface area contributed by atoms with E-state index in [9.17, 15) is 13.5 Å². The summed E-state index contributed by atoms with van der Waals surface area (Å²) in [5.41, 5.74) is -1.07. The van der Waals surface area contributed by atoms with E-state index in [0.29, 0.717) is 26.1 Å². The number of aromatic nitrogens is 2. The number of sulfonamides is 1. The Morgan fingerprint density at radius 3 is 2.65 bits per heavy atom. The molecule has 0 bridgehead atoms. The first-order valence-corrected chi connectivity index (χ1v) is 8.01. The second-order valence-corrected chi connectivity index (χ2v) is 7.37. The van der Waals surface area contributed by atoms with E-state index in [0.717, 1.165) is 4.31 Å². The zero-order valence-electron chi connectivity index (χ0n) is 11.4. The maximum atomic E-state index is 12.4. The van der Waals surface area contributed by atoms with Crippen LogP contribution < -0.4 is 0 Å². The molecule has 1 aromatic rings. The van der Waals surface area contributed by atoms with Crippen LogP contribution in [-0.2, 0) is 21.8 Å². The van der Waals surface area contributed by atoms with Gasteiger partial charge in [-0.25, -0.2) is 13.4 Å². The van der Waals surface area contributed by atoms with Gasteiger partial charge < -0.3 is 14.4 Å². The van der Waals surface area contributed by atoms with E-state index >= 15 is 0 Å². The minimum Gasteiger partial charge on any atom is -0.388 e. The van der Waals surface area contributed by atoms with Crippen LogP contribution in [0.4, 0.5) is 0 Å². The first-order chi connectivity index (χ1) is 9.26. The molecule has 1 N–H and O–H groups in total. The highest BCUT2D eigenvalue weighted by Crippen LogP contribution is 2.26. The molecule has 0 unspecified atom stereocenters. The predicted molar refractivity (Wildman–Crippen MR) is 73.0 cm³/mol. The number of ether oxygens (including phenoxy) is 1. The van der Waals surface area contributed by atoms with Crippen molar-refractivity contribution in [2.75, 3.05) is 26.8 Å². The van der Waals surface area contributed by atoms with Crippen molar-refractivity contribution in [3.8, 4) is 0 Å². The number of likely N-dealkylation sites (N-methyl/N-ethyl adjacent to an activating group) is 1. The molecule has 1 aromatic heterocycles. The molecule has 7 nitrogen and oxygen atoms in total. The Hall–Kier alpha value is -0.670. The van der Waals surface area contributed by atoms with Crippen LogP contribution in [0.5, 0.6) is 0 Å². The number of aliphatic hydroxyl groups is 1. The van der Waals surface area contributed by atoms with Gasteiger partial charge in [-0.15, -0.1) is 0 Å². The highest BCUT2D eigenvalue weighted by Gasteiger charge is 2.36. The summed E-state index contributed by atoms with van der Waals surface area (Å²) in [5.74, 6) is 0. The van der Waals surface area contributed by atoms with Gasteiger partial charge in [0.2, 0.25) is 5.03 Å². The van der Waals surface area contributed by atoms with Crippen molar-refractivity contribution in [2.24, 2.45) is 7.05 Å². The molecule has 0 aromatic carbocycles. The molecule has 0 atom stereocenters. The van der Waals surface area contributed by atoms with E-state index in [-0.39, 0.29) is 16.7 Å². The van der Waals surface area contributed by atoms with E-state index in [2.05, 4.69) is 4.98 Å². The van der Waals surface area contributed by atoms with Crippen molar-refractivity contribution in [1.82, 2.24) is 13.9 Å². The maximum Gasteiger partial charge on any atom is 0.263 e. The summed E-state index contributed by atoms with van der Waals surface area (Å²) >= 11 is 5.93. The van der Waals surface area contributed by atoms with Crippen molar-refractivity contribution in [1.29, 1.82) is 0 Å². The number of nitrogens with zero attached hydrogens (tertiary/aromatic N) is 3. The Morgan fingerprint density at radius 1 is 1.55 bits per heavy atom. The van der Waals surface area contributed by atoms with Gasteiger partial charge in [-0.3, -0.25) is 0 Å². The minimum atomic E-state index is -3.82. The van der Waals surface area contributed by atoms with Crippen LogP contribution in [0.25, 0.3) is 0 Å². The summed E-state index contributed by atoms with van der Waals surface area (Å²) in [5, 5.41) is 10.2. The van der Waals surface area contributed by atoms with Crippen molar-refractivity contribution in [3.63, 3.8) is 0 Å². The van der Waals surface area contributed by atoms with Crippen molar-refractivity contribution in [2.45, 2.75) is 23.5 Å². The van der Waals surface area contributed by atoms with E-state index in [1.807, 2.05) is 0 Å². The quantitative estimate of drug-likeness (QED) is 0.857. The first kappa shape index (κ1) is 15.7. The lowest BCUT2D eigenvalue weighted by atomic mass is 9.95. The molecular weight excluding hydrogens is 306 g/mol. The fourth-order valence-corrected chi connectivity index (χ4v) is 3.75. The molecule has 1 saturated heterocycles. The molecule has 2 heterocycles. The van der Waals surface area contributed by atoms with Crippen molar-refractivity contribution < 1.29 is 18.3 Å². The normalized spacial score (nSPS) is 19.4. The second kappa shape index (κ2) is 5.61. The molecular formula is C11H18ClN3O4S. The molecule has 0 saturated carbocycles. The first-order valence-electron chi connectivity index (χ1n) is 6.19. The zero-order valence-corrected chi connectivity index (χ0v) is 13.0. The molecule has 2 rings (SSSR count). The Labute approximate surface area is 123 Å². The summed E-state index contributed by atoms with van der Waals surface area (Å²) in [7, 11) is -0.796. The number of halogens is 1. The van der Waals surface area contributed by atoms with Crippen LogP contribution in [0, 0.1) is 0 Å². The third-order valence-electron chi connectivity index (χ3n) is 3.43. The van der Waals surface area contributed by atoms with Gasteiger partial charge in [0.15, 0.2) is 0 Å². The van der Waals surface area contributed by atoms with Crippen molar-refractivity contribution >= 4 is 21.6 Å². The summed E-state index contributed by atoms with van der Waals surface area (Å²) < 4.78 is 32.5. The van der Waals surface area contributed by atoms with Crippen LogP contribution in [0.2, 0.25) is 5.15 Å². The molecule has 1 fully saturated rings. The molecule has 0 aliphatic carbocycles. The average molecular weight is 324 g/mol. The van der Waals surface area contributed by atoms with E-state index in [1.165, 1.54) is 17.9 Å². The molecule has 1 aliphatic rings. The largest absolute Gasteiger partial charge is 0.388 e. The molecule has 0 amide bonds. The minimum absolute atomic E-state index is 0.00834. The van der Waals surface area contributed by atoms with Gasteiger partial charge in [0.1, 0.15) is 5.15 Å². The Kier molecular flexibility index (Phi) is 4.41. The molecule has 0 spiro atoms. The van der Waals surface area contributed by atoms with Crippen LogP contribution >= 0.6 is 11.6 Å². The average Bonchev–Trinajstić information content (AvgIpc) is 2.70. The number of hydrogen-bond donors (Lipinski definition) is 1. The standard InChI is InChI=1S/C11H18ClN3O4S/c1-14-8-13-10(9(14)12)20(17,18)15(2)7-11(16)3-5-19-6-4-11/h8,16H,3-7H2,1-2H3. The van der Waals surface area contributed by atoms with E-state index in [4.69, 9.17) is 16.3 Å². The lowest BCUT2D eigenvalue weighted by molar-refractivity contribution is -0.0689. The SMILES string of the molecule is CN(CC1(O)CCOCC1)S(=O)(=O)c1ncn(C)c1Cl. The Morgan fingerprint density at radius 2 is 2.15 bits per heavy atom. The fraction of sp³-hybridized carbons (Fsp3) is 0.727. The molecule has 20 heavy (non-hydrogen) atoms. The van der Waals surface area contributed by atoms with Gasteiger partial charge in [0, 0.05) is 46.7 Å². The van der Waals surface area contributed by atoms with E-state index in [1.54, 1.807) is 7.05 Å². The van der Waals surface area contributed by atoms with Gasteiger partial charge in [-0.1, -0.05) is 11.6 Å². The number of aryl methyl sites for hydroxylation is 1. The van der Waals surface area contributed by atoms with Crippen LogP contribution in [0.1, 0.15) is 12.8 Å². The van der Waals surface area contributed by atoms with Crippen LogP contribution in [-0.4, -0.2) is 59.8 Å². The van der Waals surface area contributed by atoms with Crippen LogP contribution in [0.3, 0.4) is 0 Å². The topological polar surface area (TPSA) is 84.7 Å². The Bertz CT molecular complexity index is 580. The molecule has 114 valence electrons.